The summed E-state index contributed by atoms with van der Waals surface area (Å²) in [4.78, 5) is 13.2. The van der Waals surface area contributed by atoms with Gasteiger partial charge in [-0.25, -0.2) is 0 Å². The van der Waals surface area contributed by atoms with E-state index in [0.29, 0.717) is 28.6 Å². The highest BCUT2D eigenvalue weighted by Gasteiger charge is 2.21. The zero-order valence-electron chi connectivity index (χ0n) is 18.4. The van der Waals surface area contributed by atoms with Crippen LogP contribution >= 0.6 is 23.2 Å². The average Bonchev–Trinajstić information content (AvgIpc) is 3.18. The first-order valence-electron chi connectivity index (χ1n) is 10.6. The lowest BCUT2D eigenvalue weighted by molar-refractivity contribution is 0.0953. The Morgan fingerprint density at radius 1 is 0.970 bits per heavy atom. The molecule has 0 aliphatic carbocycles. The molecule has 0 spiro atoms. The van der Waals surface area contributed by atoms with Gasteiger partial charge in [-0.3, -0.25) is 4.79 Å². The minimum absolute atomic E-state index is 0.136. The number of hydrogen-bond donors (Lipinski definition) is 1. The van der Waals surface area contributed by atoms with Gasteiger partial charge in [-0.15, -0.1) is 0 Å². The number of nitrogens with one attached hydrogen (secondary N) is 1. The third-order valence-corrected chi connectivity index (χ3v) is 6.17. The molecule has 0 radical (unpaired) electrons. The molecule has 0 aliphatic rings. The molecule has 4 nitrogen and oxygen atoms in total. The number of carbonyl (C=O) groups is 1. The molecule has 0 saturated carbocycles. The van der Waals surface area contributed by atoms with Crippen LogP contribution in [0.15, 0.2) is 78.9 Å². The van der Waals surface area contributed by atoms with E-state index in [0.717, 1.165) is 34.0 Å². The van der Waals surface area contributed by atoms with Crippen molar-refractivity contribution in [1.29, 1.82) is 0 Å². The number of nitrogens with zero attached hydrogens (tertiary/aromatic N) is 1. The Hall–Kier alpha value is -3.21. The van der Waals surface area contributed by atoms with Gasteiger partial charge >= 0.3 is 0 Å². The van der Waals surface area contributed by atoms with Gasteiger partial charge in [-0.05, 0) is 54.8 Å². The molecule has 0 unspecified atom stereocenters. The fourth-order valence-electron chi connectivity index (χ4n) is 3.91. The molecule has 3 aromatic carbocycles. The molecule has 6 heteroatoms. The molecule has 168 valence electrons. The summed E-state index contributed by atoms with van der Waals surface area (Å²) >= 11 is 12.2. The molecule has 0 fully saturated rings. The summed E-state index contributed by atoms with van der Waals surface area (Å²) in [5.74, 6) is 0.598. The van der Waals surface area contributed by atoms with Crippen molar-refractivity contribution in [2.24, 2.45) is 0 Å². The number of rotatable bonds is 7. The number of hydrogen-bond acceptors (Lipinski definition) is 2. The second-order valence-corrected chi connectivity index (χ2v) is 8.49. The highest BCUT2D eigenvalue weighted by molar-refractivity contribution is 6.35. The Morgan fingerprint density at radius 2 is 1.70 bits per heavy atom. The smallest absolute Gasteiger partial charge is 0.253 e. The maximum Gasteiger partial charge on any atom is 0.253 e. The SMILES string of the molecule is COc1ccccc1-n1c(-c2ccccc2)cc(C(=O)NCCc2ccc(Cl)cc2Cl)c1C. The number of para-hydroxylation sites is 2. The van der Waals surface area contributed by atoms with E-state index in [1.54, 1.807) is 19.2 Å². The molecule has 4 aromatic rings. The Morgan fingerprint density at radius 3 is 2.42 bits per heavy atom. The normalized spacial score (nSPS) is 10.8. The number of halogens is 2. The van der Waals surface area contributed by atoms with Crippen LogP contribution < -0.4 is 10.1 Å². The molecule has 1 amide bonds. The lowest BCUT2D eigenvalue weighted by atomic mass is 10.1. The molecule has 33 heavy (non-hydrogen) atoms. The van der Waals surface area contributed by atoms with Crippen LogP contribution in [0, 0.1) is 6.92 Å². The maximum atomic E-state index is 13.2. The average molecular weight is 479 g/mol. The molecule has 0 atom stereocenters. The van der Waals surface area contributed by atoms with Gasteiger partial charge in [-0.2, -0.15) is 0 Å². The van der Waals surface area contributed by atoms with Crippen LogP contribution in [-0.2, 0) is 6.42 Å². The minimum Gasteiger partial charge on any atom is -0.495 e. The van der Waals surface area contributed by atoms with Crippen molar-refractivity contribution < 1.29 is 9.53 Å². The zero-order chi connectivity index (χ0) is 23.4. The van der Waals surface area contributed by atoms with Crippen LogP contribution in [0.4, 0.5) is 0 Å². The number of aromatic nitrogens is 1. The minimum atomic E-state index is -0.136. The molecule has 4 rings (SSSR count). The van der Waals surface area contributed by atoms with Crippen LogP contribution in [0.2, 0.25) is 10.0 Å². The van der Waals surface area contributed by atoms with Gasteiger partial charge < -0.3 is 14.6 Å². The van der Waals surface area contributed by atoms with Crippen molar-refractivity contribution in [2.45, 2.75) is 13.3 Å². The lowest BCUT2D eigenvalue weighted by Gasteiger charge is -2.15. The Kier molecular flexibility index (Phi) is 7.07. The molecule has 0 bridgehead atoms. The summed E-state index contributed by atoms with van der Waals surface area (Å²) in [5.41, 5.74) is 5.20. The van der Waals surface area contributed by atoms with Crippen molar-refractivity contribution in [3.63, 3.8) is 0 Å². The highest BCUT2D eigenvalue weighted by Crippen LogP contribution is 2.33. The van der Waals surface area contributed by atoms with Gasteiger partial charge in [0.05, 0.1) is 24.1 Å². The highest BCUT2D eigenvalue weighted by atomic mass is 35.5. The summed E-state index contributed by atoms with van der Waals surface area (Å²) in [5, 5.41) is 4.22. The molecule has 1 aromatic heterocycles. The van der Waals surface area contributed by atoms with Gasteiger partial charge in [0.15, 0.2) is 0 Å². The van der Waals surface area contributed by atoms with Gasteiger partial charge in [0.1, 0.15) is 5.75 Å². The first-order chi connectivity index (χ1) is 16.0. The van der Waals surface area contributed by atoms with Crippen molar-refractivity contribution in [3.8, 4) is 22.7 Å². The largest absolute Gasteiger partial charge is 0.495 e. The third kappa shape index (κ3) is 4.92. The molecule has 1 N–H and O–H groups in total. The maximum absolute atomic E-state index is 13.2. The van der Waals surface area contributed by atoms with Crippen molar-refractivity contribution in [3.05, 3.63) is 106 Å². The fraction of sp³-hybridized carbons (Fsp3) is 0.148. The summed E-state index contributed by atoms with van der Waals surface area (Å²) in [6, 6.07) is 25.1. The van der Waals surface area contributed by atoms with E-state index >= 15 is 0 Å². The van der Waals surface area contributed by atoms with Crippen molar-refractivity contribution >= 4 is 29.1 Å². The van der Waals surface area contributed by atoms with E-state index in [1.807, 2.05) is 73.7 Å². The first kappa shape index (κ1) is 23.0. The Balaban J connectivity index is 1.66. The molecular formula is C27H24Cl2N2O2. The number of benzene rings is 3. The Labute approximate surface area is 203 Å². The van der Waals surface area contributed by atoms with E-state index in [9.17, 15) is 4.79 Å². The number of amides is 1. The van der Waals surface area contributed by atoms with Crippen LogP contribution in [0.3, 0.4) is 0 Å². The molecule has 0 aliphatic heterocycles. The van der Waals surface area contributed by atoms with E-state index in [4.69, 9.17) is 27.9 Å². The molecule has 1 heterocycles. The second-order valence-electron chi connectivity index (χ2n) is 7.64. The zero-order valence-corrected chi connectivity index (χ0v) is 20.0. The number of carbonyl (C=O) groups excluding carboxylic acids is 1. The predicted octanol–water partition coefficient (Wildman–Crippen LogP) is 6.74. The van der Waals surface area contributed by atoms with Gasteiger partial charge in [0, 0.05) is 22.3 Å². The quantitative estimate of drug-likeness (QED) is 0.319. The molecule has 0 saturated heterocycles. The first-order valence-corrected chi connectivity index (χ1v) is 11.4. The van der Waals surface area contributed by atoms with E-state index < -0.39 is 0 Å². The monoisotopic (exact) mass is 478 g/mol. The number of ether oxygens (including phenoxy) is 1. The van der Waals surface area contributed by atoms with Crippen molar-refractivity contribution in [2.75, 3.05) is 13.7 Å². The van der Waals surface area contributed by atoms with Gasteiger partial charge in [0.2, 0.25) is 0 Å². The van der Waals surface area contributed by atoms with Crippen LogP contribution in [0.5, 0.6) is 5.75 Å². The summed E-state index contributed by atoms with van der Waals surface area (Å²) in [6.07, 6.45) is 0.611. The number of methoxy groups -OCH3 is 1. The van der Waals surface area contributed by atoms with Crippen LogP contribution in [-0.4, -0.2) is 24.1 Å². The van der Waals surface area contributed by atoms with Gasteiger partial charge in [-0.1, -0.05) is 71.7 Å². The third-order valence-electron chi connectivity index (χ3n) is 5.58. The second kappa shape index (κ2) is 10.2. The van der Waals surface area contributed by atoms with E-state index in [-0.39, 0.29) is 5.91 Å². The van der Waals surface area contributed by atoms with Crippen LogP contribution in [0.1, 0.15) is 21.6 Å². The van der Waals surface area contributed by atoms with E-state index in [1.165, 1.54) is 0 Å². The van der Waals surface area contributed by atoms with Gasteiger partial charge in [0.25, 0.3) is 5.91 Å². The standard InChI is InChI=1S/C27H24Cl2N2O2/c1-18-22(27(32)30-15-14-19-12-13-21(28)16-23(19)29)17-25(20-8-4-3-5-9-20)31(18)24-10-6-7-11-26(24)33-2/h3-13,16-17H,14-15H2,1-2H3,(H,30,32). The predicted molar refractivity (Wildman–Crippen MR) is 135 cm³/mol. The fourth-order valence-corrected chi connectivity index (χ4v) is 4.42. The van der Waals surface area contributed by atoms with E-state index in [2.05, 4.69) is 9.88 Å². The summed E-state index contributed by atoms with van der Waals surface area (Å²) < 4.78 is 7.67. The topological polar surface area (TPSA) is 43.3 Å². The molecular weight excluding hydrogens is 455 g/mol. The lowest BCUT2D eigenvalue weighted by Crippen LogP contribution is -2.26. The summed E-state index contributed by atoms with van der Waals surface area (Å²) in [7, 11) is 1.65. The Bertz CT molecular complexity index is 1280. The van der Waals surface area contributed by atoms with Crippen LogP contribution in [0.25, 0.3) is 16.9 Å². The summed E-state index contributed by atoms with van der Waals surface area (Å²) in [6.45, 7) is 2.41. The van der Waals surface area contributed by atoms with Crippen molar-refractivity contribution in [1.82, 2.24) is 9.88 Å².